The van der Waals surface area contributed by atoms with Gasteiger partial charge >= 0.3 is 0 Å². The predicted molar refractivity (Wildman–Crippen MR) is 63.9 cm³/mol. The predicted octanol–water partition coefficient (Wildman–Crippen LogP) is 0.924. The summed E-state index contributed by atoms with van der Waals surface area (Å²) in [4.78, 5) is 11.0. The van der Waals surface area contributed by atoms with Crippen molar-refractivity contribution in [2.45, 2.75) is 32.0 Å². The second-order valence-electron chi connectivity index (χ2n) is 4.27. The van der Waals surface area contributed by atoms with Crippen LogP contribution in [-0.4, -0.2) is 36.6 Å². The minimum atomic E-state index is -0.556. The molecular formula is C10H17N3O3S. The zero-order chi connectivity index (χ0) is 13.1. The molecule has 0 radical (unpaired) electrons. The lowest BCUT2D eigenvalue weighted by molar-refractivity contribution is -0.115. The number of aromatic nitrogens is 2. The van der Waals surface area contributed by atoms with Crippen LogP contribution < -0.4 is 5.73 Å². The zero-order valence-corrected chi connectivity index (χ0v) is 11.2. The molecule has 0 atom stereocenters. The third-order valence-corrected chi connectivity index (χ3v) is 3.72. The third-order valence-electron chi connectivity index (χ3n) is 2.42. The molecule has 0 aliphatic rings. The van der Waals surface area contributed by atoms with Crippen molar-refractivity contribution in [2.75, 3.05) is 14.2 Å². The van der Waals surface area contributed by atoms with Crippen molar-refractivity contribution in [1.29, 1.82) is 0 Å². The Kier molecular flexibility index (Phi) is 4.55. The lowest BCUT2D eigenvalue weighted by atomic mass is 9.90. The summed E-state index contributed by atoms with van der Waals surface area (Å²) in [7, 11) is 3.17. The lowest BCUT2D eigenvalue weighted by Crippen LogP contribution is -2.27. The smallest absolute Gasteiger partial charge is 0.279 e. The molecule has 1 heterocycles. The fourth-order valence-corrected chi connectivity index (χ4v) is 2.17. The molecule has 0 saturated carbocycles. The van der Waals surface area contributed by atoms with Crippen LogP contribution >= 0.6 is 11.3 Å². The van der Waals surface area contributed by atoms with Crippen LogP contribution in [0.5, 0.6) is 0 Å². The van der Waals surface area contributed by atoms with Gasteiger partial charge in [0.15, 0.2) is 6.29 Å². The van der Waals surface area contributed by atoms with Crippen molar-refractivity contribution in [3.63, 3.8) is 0 Å². The van der Waals surface area contributed by atoms with Crippen LogP contribution in [-0.2, 0) is 14.9 Å². The Labute approximate surface area is 104 Å². The number of methoxy groups -OCH3 is 2. The Bertz CT molecular complexity index is 388. The van der Waals surface area contributed by atoms with Gasteiger partial charge in [0.05, 0.1) is 0 Å². The molecule has 0 saturated heterocycles. The van der Waals surface area contributed by atoms with E-state index in [-0.39, 0.29) is 16.7 Å². The van der Waals surface area contributed by atoms with Gasteiger partial charge < -0.3 is 15.2 Å². The lowest BCUT2D eigenvalue weighted by Gasteiger charge is -2.25. The standard InChI is InChI=1S/C10H17N3O3S/c1-10(2,5-6(15-3)16-4)9-13-12-8(17-9)7(11)14/h6H,5H2,1-4H3,(H2,11,14). The maximum Gasteiger partial charge on any atom is 0.279 e. The van der Waals surface area contributed by atoms with Crippen LogP contribution in [0.15, 0.2) is 0 Å². The van der Waals surface area contributed by atoms with Gasteiger partial charge in [0, 0.05) is 26.1 Å². The van der Waals surface area contributed by atoms with Gasteiger partial charge in [-0.15, -0.1) is 10.2 Å². The number of carbonyl (C=O) groups is 1. The van der Waals surface area contributed by atoms with Gasteiger partial charge in [-0.05, 0) is 0 Å². The second-order valence-corrected chi connectivity index (χ2v) is 5.24. The topological polar surface area (TPSA) is 87.3 Å². The zero-order valence-electron chi connectivity index (χ0n) is 10.4. The van der Waals surface area contributed by atoms with E-state index in [1.807, 2.05) is 13.8 Å². The van der Waals surface area contributed by atoms with E-state index in [4.69, 9.17) is 15.2 Å². The van der Waals surface area contributed by atoms with Crippen LogP contribution in [0, 0.1) is 0 Å². The quantitative estimate of drug-likeness (QED) is 0.768. The highest BCUT2D eigenvalue weighted by molar-refractivity contribution is 7.13. The van der Waals surface area contributed by atoms with Gasteiger partial charge in [-0.1, -0.05) is 25.2 Å². The number of nitrogens with two attached hydrogens (primary N) is 1. The van der Waals surface area contributed by atoms with Gasteiger partial charge in [-0.3, -0.25) is 4.79 Å². The molecule has 2 N–H and O–H groups in total. The number of carbonyl (C=O) groups excluding carboxylic acids is 1. The fourth-order valence-electron chi connectivity index (χ4n) is 1.36. The molecule has 0 aromatic carbocycles. The van der Waals surface area contributed by atoms with Crippen LogP contribution in [0.2, 0.25) is 0 Å². The van der Waals surface area contributed by atoms with Crippen LogP contribution in [0.4, 0.5) is 0 Å². The van der Waals surface area contributed by atoms with Gasteiger partial charge in [0.25, 0.3) is 5.91 Å². The van der Waals surface area contributed by atoms with Crippen LogP contribution in [0.3, 0.4) is 0 Å². The number of primary amides is 1. The van der Waals surface area contributed by atoms with Crippen molar-refractivity contribution in [1.82, 2.24) is 10.2 Å². The van der Waals surface area contributed by atoms with Crippen molar-refractivity contribution in [2.24, 2.45) is 5.73 Å². The molecule has 1 amide bonds. The summed E-state index contributed by atoms with van der Waals surface area (Å²) in [6.07, 6.45) is 0.304. The summed E-state index contributed by atoms with van der Waals surface area (Å²) in [5.74, 6) is -0.556. The SMILES string of the molecule is COC(CC(C)(C)c1nnc(C(N)=O)s1)OC. The van der Waals surface area contributed by atoms with Gasteiger partial charge in [-0.2, -0.15) is 0 Å². The molecule has 0 aliphatic heterocycles. The molecule has 1 aromatic heterocycles. The summed E-state index contributed by atoms with van der Waals surface area (Å²) in [5, 5.41) is 8.70. The maximum atomic E-state index is 11.0. The number of hydrogen-bond acceptors (Lipinski definition) is 6. The molecule has 7 heteroatoms. The minimum absolute atomic E-state index is 0.222. The Morgan fingerprint density at radius 2 is 2.00 bits per heavy atom. The Balaban J connectivity index is 2.84. The summed E-state index contributed by atoms with van der Waals surface area (Å²) >= 11 is 1.20. The maximum absolute atomic E-state index is 11.0. The van der Waals surface area contributed by atoms with E-state index >= 15 is 0 Å². The first kappa shape index (κ1) is 14.0. The van der Waals surface area contributed by atoms with E-state index in [9.17, 15) is 4.79 Å². The molecule has 0 bridgehead atoms. The number of ether oxygens (including phenoxy) is 2. The molecule has 0 spiro atoms. The van der Waals surface area contributed by atoms with Crippen LogP contribution in [0.1, 0.15) is 35.1 Å². The highest BCUT2D eigenvalue weighted by atomic mass is 32.1. The Morgan fingerprint density at radius 3 is 2.41 bits per heavy atom. The Morgan fingerprint density at radius 1 is 1.41 bits per heavy atom. The van der Waals surface area contributed by atoms with Crippen LogP contribution in [0.25, 0.3) is 0 Å². The highest BCUT2D eigenvalue weighted by Gasteiger charge is 2.29. The van der Waals surface area contributed by atoms with E-state index in [0.717, 1.165) is 5.01 Å². The molecule has 17 heavy (non-hydrogen) atoms. The minimum Gasteiger partial charge on any atom is -0.363 e. The van der Waals surface area contributed by atoms with E-state index in [1.165, 1.54) is 11.3 Å². The van der Waals surface area contributed by atoms with E-state index < -0.39 is 5.91 Å². The molecule has 0 aliphatic carbocycles. The molecular weight excluding hydrogens is 242 g/mol. The van der Waals surface area contributed by atoms with Crippen molar-refractivity contribution in [3.05, 3.63) is 10.0 Å². The van der Waals surface area contributed by atoms with Gasteiger partial charge in [0.2, 0.25) is 5.01 Å². The number of rotatable bonds is 6. The van der Waals surface area contributed by atoms with E-state index in [1.54, 1.807) is 14.2 Å². The summed E-state index contributed by atoms with van der Waals surface area (Å²) < 4.78 is 10.3. The first-order valence-corrected chi connectivity index (χ1v) is 5.91. The molecule has 6 nitrogen and oxygen atoms in total. The summed E-state index contributed by atoms with van der Waals surface area (Å²) in [5.41, 5.74) is 4.85. The molecule has 1 rings (SSSR count). The fraction of sp³-hybridized carbons (Fsp3) is 0.700. The average molecular weight is 259 g/mol. The van der Waals surface area contributed by atoms with Gasteiger partial charge in [-0.25, -0.2) is 0 Å². The van der Waals surface area contributed by atoms with E-state index in [2.05, 4.69) is 10.2 Å². The van der Waals surface area contributed by atoms with Crippen molar-refractivity contribution >= 4 is 17.2 Å². The molecule has 96 valence electrons. The number of amides is 1. The third kappa shape index (κ3) is 3.45. The molecule has 1 aromatic rings. The van der Waals surface area contributed by atoms with Crippen molar-refractivity contribution in [3.8, 4) is 0 Å². The van der Waals surface area contributed by atoms with Gasteiger partial charge in [0.1, 0.15) is 5.01 Å². The largest absolute Gasteiger partial charge is 0.363 e. The second kappa shape index (κ2) is 5.52. The van der Waals surface area contributed by atoms with Crippen molar-refractivity contribution < 1.29 is 14.3 Å². The first-order chi connectivity index (χ1) is 7.90. The normalized spacial score (nSPS) is 12.1. The monoisotopic (exact) mass is 259 g/mol. The molecule has 0 unspecified atom stereocenters. The first-order valence-electron chi connectivity index (χ1n) is 5.10. The van der Waals surface area contributed by atoms with E-state index in [0.29, 0.717) is 6.42 Å². The molecule has 0 fully saturated rings. The average Bonchev–Trinajstić information content (AvgIpc) is 2.75. The summed E-state index contributed by atoms with van der Waals surface area (Å²) in [6, 6.07) is 0. The number of nitrogens with zero attached hydrogens (tertiary/aromatic N) is 2. The number of hydrogen-bond donors (Lipinski definition) is 1. The highest BCUT2D eigenvalue weighted by Crippen LogP contribution is 2.31. The Hall–Kier alpha value is -1.05. The summed E-state index contributed by atoms with van der Waals surface area (Å²) in [6.45, 7) is 3.98.